The summed E-state index contributed by atoms with van der Waals surface area (Å²) in [6.07, 6.45) is 65.5. The van der Waals surface area contributed by atoms with Crippen LogP contribution in [-0.4, -0.2) is 47.4 Å². The summed E-state index contributed by atoms with van der Waals surface area (Å²) < 4.78 is 5.42. The molecule has 2 unspecified atom stereocenters. The number of aliphatic hydroxyl groups is 2. The zero-order valence-electron chi connectivity index (χ0n) is 41.8. The monoisotopic (exact) mass is 884 g/mol. The summed E-state index contributed by atoms with van der Waals surface area (Å²) in [7, 11) is 0. The smallest absolute Gasteiger partial charge is 0.305 e. The Balaban J connectivity index is 3.57. The van der Waals surface area contributed by atoms with Crippen LogP contribution < -0.4 is 5.32 Å². The van der Waals surface area contributed by atoms with Crippen LogP contribution in [0.3, 0.4) is 0 Å². The molecule has 6 heteroatoms. The number of carbonyl (C=O) groups excluding carboxylic acids is 2. The number of amides is 1. The quantitative estimate of drug-likeness (QED) is 0.0321. The Morgan fingerprint density at radius 2 is 0.810 bits per heavy atom. The lowest BCUT2D eigenvalue weighted by Crippen LogP contribution is -2.45. The lowest BCUT2D eigenvalue weighted by molar-refractivity contribution is -0.143. The van der Waals surface area contributed by atoms with Crippen LogP contribution in [0.25, 0.3) is 0 Å². The summed E-state index contributed by atoms with van der Waals surface area (Å²) in [6, 6.07) is -0.656. The summed E-state index contributed by atoms with van der Waals surface area (Å²) >= 11 is 0. The number of unbranched alkanes of at least 4 members (excludes halogenated alkanes) is 33. The van der Waals surface area contributed by atoms with E-state index in [1.165, 1.54) is 161 Å². The summed E-state index contributed by atoms with van der Waals surface area (Å²) in [6.45, 7) is 4.77. The first-order valence-electron chi connectivity index (χ1n) is 27.4. The van der Waals surface area contributed by atoms with Gasteiger partial charge in [0.05, 0.1) is 25.4 Å². The van der Waals surface area contributed by atoms with Crippen molar-refractivity contribution in [3.05, 3.63) is 48.6 Å². The topological polar surface area (TPSA) is 95.9 Å². The van der Waals surface area contributed by atoms with Crippen LogP contribution in [0.15, 0.2) is 48.6 Å². The van der Waals surface area contributed by atoms with Crippen molar-refractivity contribution in [2.45, 2.75) is 289 Å². The molecule has 6 nitrogen and oxygen atoms in total. The van der Waals surface area contributed by atoms with Crippen LogP contribution in [0.1, 0.15) is 277 Å². The number of hydrogen-bond acceptors (Lipinski definition) is 5. The fourth-order valence-corrected chi connectivity index (χ4v) is 8.06. The second-order valence-corrected chi connectivity index (χ2v) is 18.5. The summed E-state index contributed by atoms with van der Waals surface area (Å²) in [4.78, 5) is 24.5. The van der Waals surface area contributed by atoms with E-state index in [9.17, 15) is 19.8 Å². The molecule has 0 radical (unpaired) electrons. The number of rotatable bonds is 50. The van der Waals surface area contributed by atoms with Gasteiger partial charge in [0.15, 0.2) is 0 Å². The minimum absolute atomic E-state index is 0.0533. The van der Waals surface area contributed by atoms with E-state index < -0.39 is 12.1 Å². The van der Waals surface area contributed by atoms with E-state index in [2.05, 4.69) is 55.6 Å². The van der Waals surface area contributed by atoms with E-state index in [-0.39, 0.29) is 18.5 Å². The molecular formula is C57H105NO5. The molecule has 63 heavy (non-hydrogen) atoms. The zero-order valence-corrected chi connectivity index (χ0v) is 41.8. The van der Waals surface area contributed by atoms with Crippen LogP contribution in [0.2, 0.25) is 0 Å². The SMILES string of the molecule is CCCC/C=C\C/C=C\CCCCCCCC(=O)OCCCC/C=C\CCCCCCC(=O)NC(CO)C(O)/C=C/CCCCCCCCCCCCCCCCCCCCCC. The van der Waals surface area contributed by atoms with Gasteiger partial charge in [-0.2, -0.15) is 0 Å². The summed E-state index contributed by atoms with van der Waals surface area (Å²) in [5.41, 5.74) is 0. The summed E-state index contributed by atoms with van der Waals surface area (Å²) in [5.74, 6) is -0.157. The molecule has 0 aliphatic heterocycles. The number of nitrogens with one attached hydrogen (secondary N) is 1. The van der Waals surface area contributed by atoms with Crippen molar-refractivity contribution in [1.29, 1.82) is 0 Å². The average Bonchev–Trinajstić information content (AvgIpc) is 3.28. The molecule has 2 atom stereocenters. The summed E-state index contributed by atoms with van der Waals surface area (Å²) in [5, 5.41) is 23.1. The average molecular weight is 884 g/mol. The van der Waals surface area contributed by atoms with Crippen LogP contribution in [-0.2, 0) is 14.3 Å². The molecular weight excluding hydrogens is 779 g/mol. The largest absolute Gasteiger partial charge is 0.466 e. The van der Waals surface area contributed by atoms with Crippen LogP contribution >= 0.6 is 0 Å². The van der Waals surface area contributed by atoms with E-state index in [4.69, 9.17) is 4.74 Å². The molecule has 1 amide bonds. The Morgan fingerprint density at radius 3 is 1.27 bits per heavy atom. The van der Waals surface area contributed by atoms with E-state index in [0.717, 1.165) is 89.9 Å². The highest BCUT2D eigenvalue weighted by Gasteiger charge is 2.18. The maximum Gasteiger partial charge on any atom is 0.305 e. The van der Waals surface area contributed by atoms with Gasteiger partial charge in [0.1, 0.15) is 0 Å². The molecule has 0 bridgehead atoms. The minimum Gasteiger partial charge on any atom is -0.466 e. The molecule has 0 rings (SSSR count). The fourth-order valence-electron chi connectivity index (χ4n) is 8.06. The Hall–Kier alpha value is -2.18. The van der Waals surface area contributed by atoms with E-state index in [1.807, 2.05) is 6.08 Å². The third-order valence-electron chi connectivity index (χ3n) is 12.3. The third-order valence-corrected chi connectivity index (χ3v) is 12.3. The Morgan fingerprint density at radius 1 is 0.444 bits per heavy atom. The first kappa shape index (κ1) is 60.8. The first-order chi connectivity index (χ1) is 31.0. The Labute approximate surface area is 391 Å². The van der Waals surface area contributed by atoms with Crippen molar-refractivity contribution < 1.29 is 24.5 Å². The van der Waals surface area contributed by atoms with Crippen molar-refractivity contribution in [2.75, 3.05) is 13.2 Å². The number of allylic oxidation sites excluding steroid dienone is 7. The van der Waals surface area contributed by atoms with Crippen molar-refractivity contribution in [3.8, 4) is 0 Å². The van der Waals surface area contributed by atoms with Gasteiger partial charge in [0.25, 0.3) is 0 Å². The van der Waals surface area contributed by atoms with E-state index in [1.54, 1.807) is 6.08 Å². The maximum atomic E-state index is 12.5. The number of hydrogen-bond donors (Lipinski definition) is 3. The zero-order chi connectivity index (χ0) is 45.8. The molecule has 0 saturated heterocycles. The predicted octanol–water partition coefficient (Wildman–Crippen LogP) is 16.6. The standard InChI is InChI=1S/C57H105NO5/c1-3-5-7-9-11-13-15-17-19-20-21-22-23-24-25-26-27-29-33-37-41-45-49-55(60)54(53-59)58-56(61)50-46-42-38-34-31-32-36-40-44-48-52-63-57(62)51-47-43-39-35-30-28-18-16-14-12-10-8-6-4-2/h10,12,16,18,32,36,45,49,54-55,59-60H,3-9,11,13-15,17,19-31,33-35,37-44,46-48,50-53H2,1-2H3,(H,58,61)/b12-10-,18-16-,36-32-,49-45+. The Kier molecular flexibility index (Phi) is 50.6. The van der Waals surface area contributed by atoms with Crippen LogP contribution in [0.4, 0.5) is 0 Å². The molecule has 0 aromatic carbocycles. The highest BCUT2D eigenvalue weighted by atomic mass is 16.5. The first-order valence-corrected chi connectivity index (χ1v) is 27.4. The second kappa shape index (κ2) is 52.4. The van der Waals surface area contributed by atoms with Crippen LogP contribution in [0, 0.1) is 0 Å². The fraction of sp³-hybridized carbons (Fsp3) is 0.825. The highest BCUT2D eigenvalue weighted by molar-refractivity contribution is 5.76. The lowest BCUT2D eigenvalue weighted by Gasteiger charge is -2.20. The molecule has 0 heterocycles. The highest BCUT2D eigenvalue weighted by Crippen LogP contribution is 2.16. The van der Waals surface area contributed by atoms with E-state index in [0.29, 0.717) is 19.4 Å². The number of aliphatic hydroxyl groups excluding tert-OH is 2. The predicted molar refractivity (Wildman–Crippen MR) is 273 cm³/mol. The molecule has 0 aliphatic carbocycles. The van der Waals surface area contributed by atoms with Gasteiger partial charge in [0, 0.05) is 12.8 Å². The van der Waals surface area contributed by atoms with Gasteiger partial charge in [-0.05, 0) is 83.5 Å². The number of ether oxygens (including phenoxy) is 1. The van der Waals surface area contributed by atoms with Crippen molar-refractivity contribution in [2.24, 2.45) is 0 Å². The normalized spacial score (nSPS) is 13.0. The van der Waals surface area contributed by atoms with Crippen molar-refractivity contribution in [1.82, 2.24) is 5.32 Å². The van der Waals surface area contributed by atoms with Crippen molar-refractivity contribution in [3.63, 3.8) is 0 Å². The van der Waals surface area contributed by atoms with Gasteiger partial charge in [0.2, 0.25) is 5.91 Å². The van der Waals surface area contributed by atoms with E-state index >= 15 is 0 Å². The van der Waals surface area contributed by atoms with Gasteiger partial charge >= 0.3 is 5.97 Å². The van der Waals surface area contributed by atoms with Gasteiger partial charge in [-0.1, -0.05) is 229 Å². The molecule has 0 aromatic rings. The van der Waals surface area contributed by atoms with Gasteiger partial charge in [-0.3, -0.25) is 9.59 Å². The number of esters is 1. The maximum absolute atomic E-state index is 12.5. The molecule has 0 aromatic heterocycles. The molecule has 0 spiro atoms. The van der Waals surface area contributed by atoms with Crippen LogP contribution in [0.5, 0.6) is 0 Å². The molecule has 0 fully saturated rings. The van der Waals surface area contributed by atoms with Crippen molar-refractivity contribution >= 4 is 11.9 Å². The Bertz CT molecular complexity index is 1070. The molecule has 0 saturated carbocycles. The molecule has 368 valence electrons. The lowest BCUT2D eigenvalue weighted by atomic mass is 10.0. The number of carbonyl (C=O) groups is 2. The van der Waals surface area contributed by atoms with Gasteiger partial charge in [-0.25, -0.2) is 0 Å². The molecule has 0 aliphatic rings. The molecule has 3 N–H and O–H groups in total. The van der Waals surface area contributed by atoms with Gasteiger partial charge in [-0.15, -0.1) is 0 Å². The third kappa shape index (κ3) is 49.1. The second-order valence-electron chi connectivity index (χ2n) is 18.5. The minimum atomic E-state index is -0.869. The van der Waals surface area contributed by atoms with Gasteiger partial charge < -0.3 is 20.3 Å².